The lowest BCUT2D eigenvalue weighted by molar-refractivity contribution is -0.112. The number of rotatable bonds is 6. The van der Waals surface area contributed by atoms with E-state index in [0.717, 1.165) is 0 Å². The van der Waals surface area contributed by atoms with E-state index in [0.29, 0.717) is 21.2 Å². The Labute approximate surface area is 169 Å². The monoisotopic (exact) mass is 462 g/mol. The molecule has 0 aliphatic rings. The zero-order valence-electron chi connectivity index (χ0n) is 14.7. The van der Waals surface area contributed by atoms with Gasteiger partial charge in [-0.2, -0.15) is 0 Å². The molecule has 0 unspecified atom stereocenters. The second kappa shape index (κ2) is 8.12. The summed E-state index contributed by atoms with van der Waals surface area (Å²) in [5.41, 5.74) is -0.0266. The van der Waals surface area contributed by atoms with Crippen LogP contribution < -0.4 is 10.4 Å². The molecule has 0 radical (unpaired) electrons. The van der Waals surface area contributed by atoms with E-state index in [1.807, 2.05) is 0 Å². The molecule has 0 bridgehead atoms. The van der Waals surface area contributed by atoms with Gasteiger partial charge < -0.3 is 9.15 Å². The summed E-state index contributed by atoms with van der Waals surface area (Å²) in [6, 6.07) is 13.0. The zero-order valence-corrected chi connectivity index (χ0v) is 17.1. The summed E-state index contributed by atoms with van der Waals surface area (Å²) in [6.45, 7) is 0. The SMILES string of the molecule is COc1ccc(/C=C/C(=O)CS(=O)(=O)c2cc3cc(Br)ccc3oc2=O)cc1. The van der Waals surface area contributed by atoms with Crippen molar-refractivity contribution < 1.29 is 22.4 Å². The second-order valence-electron chi connectivity index (χ2n) is 5.91. The van der Waals surface area contributed by atoms with Gasteiger partial charge in [-0.25, -0.2) is 13.2 Å². The highest BCUT2D eigenvalue weighted by Gasteiger charge is 2.23. The molecule has 0 spiro atoms. The minimum Gasteiger partial charge on any atom is -0.497 e. The second-order valence-corrected chi connectivity index (χ2v) is 8.79. The number of fused-ring (bicyclic) bond motifs is 1. The Balaban J connectivity index is 1.83. The molecule has 28 heavy (non-hydrogen) atoms. The van der Waals surface area contributed by atoms with Gasteiger partial charge in [0.05, 0.1) is 7.11 Å². The Kier molecular flexibility index (Phi) is 5.81. The predicted octanol–water partition coefficient (Wildman–Crippen LogP) is 3.62. The quantitative estimate of drug-likeness (QED) is 0.410. The van der Waals surface area contributed by atoms with Gasteiger partial charge in [0.2, 0.25) is 0 Å². The molecule has 1 heterocycles. The average molecular weight is 463 g/mol. The van der Waals surface area contributed by atoms with Crippen LogP contribution in [0.3, 0.4) is 0 Å². The van der Waals surface area contributed by atoms with Gasteiger partial charge >= 0.3 is 5.63 Å². The third-order valence-corrected chi connectivity index (χ3v) is 6.02. The lowest BCUT2D eigenvalue weighted by Gasteiger charge is -2.03. The van der Waals surface area contributed by atoms with Crippen LogP contribution in [0.1, 0.15) is 5.56 Å². The van der Waals surface area contributed by atoms with Gasteiger partial charge in [-0.3, -0.25) is 4.79 Å². The summed E-state index contributed by atoms with van der Waals surface area (Å²) >= 11 is 3.28. The molecule has 0 atom stereocenters. The third kappa shape index (κ3) is 4.58. The lowest BCUT2D eigenvalue weighted by Crippen LogP contribution is -2.20. The van der Waals surface area contributed by atoms with E-state index in [4.69, 9.17) is 9.15 Å². The van der Waals surface area contributed by atoms with Gasteiger partial charge in [0.25, 0.3) is 0 Å². The molecule has 1 aromatic heterocycles. The fourth-order valence-corrected chi connectivity index (χ4v) is 4.12. The lowest BCUT2D eigenvalue weighted by atomic mass is 10.2. The number of halogens is 1. The minimum absolute atomic E-state index is 0.262. The van der Waals surface area contributed by atoms with Crippen LogP contribution in [-0.2, 0) is 14.6 Å². The van der Waals surface area contributed by atoms with E-state index in [1.165, 1.54) is 18.2 Å². The first-order valence-electron chi connectivity index (χ1n) is 8.09. The summed E-state index contributed by atoms with van der Waals surface area (Å²) in [6.07, 6.45) is 2.66. The molecule has 8 heteroatoms. The molecule has 2 aromatic carbocycles. The molecular formula is C20H15BrO6S. The molecule has 0 saturated carbocycles. The van der Waals surface area contributed by atoms with E-state index in [1.54, 1.807) is 49.6 Å². The number of hydrogen-bond donors (Lipinski definition) is 0. The van der Waals surface area contributed by atoms with E-state index in [2.05, 4.69) is 15.9 Å². The molecule has 0 N–H and O–H groups in total. The topological polar surface area (TPSA) is 90.7 Å². The minimum atomic E-state index is -4.15. The van der Waals surface area contributed by atoms with Gasteiger partial charge in [0, 0.05) is 9.86 Å². The van der Waals surface area contributed by atoms with E-state index in [-0.39, 0.29) is 5.58 Å². The maximum Gasteiger partial charge on any atom is 0.355 e. The summed E-state index contributed by atoms with van der Waals surface area (Å²) in [4.78, 5) is 23.7. The van der Waals surface area contributed by atoms with Gasteiger partial charge in [-0.1, -0.05) is 34.1 Å². The van der Waals surface area contributed by atoms with E-state index < -0.39 is 31.9 Å². The van der Waals surface area contributed by atoms with Gasteiger partial charge in [0.1, 0.15) is 17.1 Å². The number of carbonyl (C=O) groups is 1. The van der Waals surface area contributed by atoms with Crippen LogP contribution in [0.15, 0.2) is 73.2 Å². The fraction of sp³-hybridized carbons (Fsp3) is 0.100. The van der Waals surface area contributed by atoms with Crippen LogP contribution in [0.4, 0.5) is 0 Å². The fourth-order valence-electron chi connectivity index (χ4n) is 2.51. The van der Waals surface area contributed by atoms with Crippen LogP contribution in [0.5, 0.6) is 5.75 Å². The Hall–Kier alpha value is -2.71. The number of sulfone groups is 1. The molecule has 3 aromatic rings. The molecule has 0 aliphatic heterocycles. The van der Waals surface area contributed by atoms with Crippen molar-refractivity contribution in [1.29, 1.82) is 0 Å². The number of benzene rings is 2. The smallest absolute Gasteiger partial charge is 0.355 e. The maximum atomic E-state index is 12.5. The number of hydrogen-bond acceptors (Lipinski definition) is 6. The average Bonchev–Trinajstić information content (AvgIpc) is 2.66. The molecule has 0 amide bonds. The molecule has 144 valence electrons. The van der Waals surface area contributed by atoms with Crippen molar-refractivity contribution >= 4 is 48.6 Å². The van der Waals surface area contributed by atoms with Crippen molar-refractivity contribution in [3.63, 3.8) is 0 Å². The van der Waals surface area contributed by atoms with Crippen molar-refractivity contribution in [2.75, 3.05) is 12.9 Å². The van der Waals surface area contributed by atoms with Crippen LogP contribution in [0.25, 0.3) is 17.0 Å². The largest absolute Gasteiger partial charge is 0.497 e. The number of carbonyl (C=O) groups excluding carboxylic acids is 1. The van der Waals surface area contributed by atoms with Crippen molar-refractivity contribution in [3.05, 3.63) is 75.1 Å². The molecule has 0 aliphatic carbocycles. The van der Waals surface area contributed by atoms with Crippen LogP contribution in [0.2, 0.25) is 0 Å². The predicted molar refractivity (Wildman–Crippen MR) is 109 cm³/mol. The summed E-state index contributed by atoms with van der Waals surface area (Å²) in [5.74, 6) is -0.811. The van der Waals surface area contributed by atoms with Gasteiger partial charge in [0.15, 0.2) is 20.5 Å². The van der Waals surface area contributed by atoms with Crippen LogP contribution >= 0.6 is 15.9 Å². The Morgan fingerprint density at radius 3 is 2.54 bits per heavy atom. The summed E-state index contributed by atoms with van der Waals surface area (Å²) < 4.78 is 35.9. The Bertz CT molecular complexity index is 1220. The first-order chi connectivity index (χ1) is 13.3. The Morgan fingerprint density at radius 2 is 1.86 bits per heavy atom. The summed E-state index contributed by atoms with van der Waals surface area (Å²) in [7, 11) is -2.61. The number of allylic oxidation sites excluding steroid dienone is 1. The van der Waals surface area contributed by atoms with Crippen LogP contribution in [0, 0.1) is 0 Å². The molecule has 6 nitrogen and oxygen atoms in total. The van der Waals surface area contributed by atoms with Crippen molar-refractivity contribution in [3.8, 4) is 5.75 Å². The van der Waals surface area contributed by atoms with Crippen molar-refractivity contribution in [2.45, 2.75) is 4.90 Å². The number of ether oxygens (including phenoxy) is 1. The van der Waals surface area contributed by atoms with Crippen molar-refractivity contribution in [1.82, 2.24) is 0 Å². The first-order valence-corrected chi connectivity index (χ1v) is 10.5. The highest BCUT2D eigenvalue weighted by atomic mass is 79.9. The highest BCUT2D eigenvalue weighted by molar-refractivity contribution is 9.10. The molecule has 0 fully saturated rings. The van der Waals surface area contributed by atoms with E-state index >= 15 is 0 Å². The molecule has 3 rings (SSSR count). The standard InChI is InChI=1S/C20H15BrO6S/c1-26-17-7-3-13(4-8-17)2-6-16(22)12-28(24,25)19-11-14-10-15(21)5-9-18(14)27-20(19)23/h2-11H,12H2,1H3/b6-2+. The van der Waals surface area contributed by atoms with Gasteiger partial charge in [-0.05, 0) is 48.0 Å². The Morgan fingerprint density at radius 1 is 1.14 bits per heavy atom. The normalized spacial score (nSPS) is 11.8. The number of ketones is 1. The molecule has 0 saturated heterocycles. The highest BCUT2D eigenvalue weighted by Crippen LogP contribution is 2.21. The first kappa shape index (κ1) is 20.0. The summed E-state index contributed by atoms with van der Waals surface area (Å²) in [5, 5.41) is 0.439. The maximum absolute atomic E-state index is 12.5. The molecular weight excluding hydrogens is 448 g/mol. The van der Waals surface area contributed by atoms with Crippen LogP contribution in [-0.4, -0.2) is 27.1 Å². The zero-order chi connectivity index (χ0) is 20.3. The van der Waals surface area contributed by atoms with Crippen molar-refractivity contribution in [2.24, 2.45) is 0 Å². The van der Waals surface area contributed by atoms with Gasteiger partial charge in [-0.15, -0.1) is 0 Å². The third-order valence-electron chi connectivity index (χ3n) is 3.91. The number of methoxy groups -OCH3 is 1. The van der Waals surface area contributed by atoms with E-state index in [9.17, 15) is 18.0 Å².